The predicted molar refractivity (Wildman–Crippen MR) is 44.1 cm³/mol. The Morgan fingerprint density at radius 2 is 2.27 bits per heavy atom. The number of carboxylic acid groups (broad SMARTS) is 1. The zero-order valence-corrected chi connectivity index (χ0v) is 6.80. The monoisotopic (exact) mass is 169 g/mol. The molecule has 0 unspecified atom stereocenters. The van der Waals surface area contributed by atoms with Crippen molar-refractivity contribution in [1.29, 1.82) is 5.26 Å². The summed E-state index contributed by atoms with van der Waals surface area (Å²) in [5.74, 6) is -1.24. The fourth-order valence-electron chi connectivity index (χ4n) is 0.373. The summed E-state index contributed by atoms with van der Waals surface area (Å²) in [6.07, 6.45) is 2.80. The van der Waals surface area contributed by atoms with Gasteiger partial charge in [-0.2, -0.15) is 5.26 Å². The average molecular weight is 169 g/mol. The van der Waals surface area contributed by atoms with Crippen LogP contribution in [0.15, 0.2) is 22.6 Å². The Morgan fingerprint density at radius 1 is 1.73 bits per heavy atom. The van der Waals surface area contributed by atoms with Crippen LogP contribution in [0.25, 0.3) is 0 Å². The summed E-state index contributed by atoms with van der Waals surface area (Å²) in [6, 6.07) is 1.54. The number of allylic oxidation sites excluding steroid dienone is 2. The second-order valence-electron chi connectivity index (χ2n) is 1.69. The molecule has 0 fully saturated rings. The summed E-state index contributed by atoms with van der Waals surface area (Å²) < 4.78 is 0. The maximum atomic E-state index is 10.2. The number of aliphatic carboxylic acids is 1. The Balaban J connectivity index is 4.67. The summed E-state index contributed by atoms with van der Waals surface area (Å²) in [6.45, 7) is 1.70. The average Bonchev–Trinajstić information content (AvgIpc) is 1.99. The highest BCUT2D eigenvalue weighted by molar-refractivity contribution is 7.84. The number of carboxylic acids is 1. The van der Waals surface area contributed by atoms with Crippen molar-refractivity contribution in [2.75, 3.05) is 0 Å². The van der Waals surface area contributed by atoms with Crippen LogP contribution in [0.2, 0.25) is 0 Å². The minimum atomic E-state index is -1.24. The van der Waals surface area contributed by atoms with Gasteiger partial charge in [0.2, 0.25) is 0 Å². The van der Waals surface area contributed by atoms with Gasteiger partial charge >= 0.3 is 5.97 Å². The molecule has 0 aromatic rings. The molecule has 0 heterocycles. The molecule has 0 aromatic heterocycles. The molecule has 0 rings (SSSR count). The standard InChI is InChI=1S/C7H7NO2S/c1-2-6(11)3-5(4-8)7(9)10/h2-3,11H,1H3,(H,9,10)/b5-3-,6-2-. The lowest BCUT2D eigenvalue weighted by Crippen LogP contribution is -1.97. The number of nitrogens with zero attached hydrogens (tertiary/aromatic N) is 1. The van der Waals surface area contributed by atoms with Crippen molar-refractivity contribution >= 4 is 18.6 Å². The van der Waals surface area contributed by atoms with E-state index in [0.29, 0.717) is 4.91 Å². The third-order valence-corrected chi connectivity index (χ3v) is 1.33. The molecule has 58 valence electrons. The molecule has 0 atom stereocenters. The first kappa shape index (κ1) is 9.79. The Labute approximate surface area is 70.1 Å². The molecule has 0 bridgehead atoms. The van der Waals surface area contributed by atoms with Gasteiger partial charge in [0.05, 0.1) is 0 Å². The zero-order chi connectivity index (χ0) is 8.85. The smallest absolute Gasteiger partial charge is 0.346 e. The molecular weight excluding hydrogens is 162 g/mol. The molecule has 0 amide bonds. The van der Waals surface area contributed by atoms with Crippen LogP contribution in [-0.2, 0) is 4.79 Å². The van der Waals surface area contributed by atoms with Crippen molar-refractivity contribution in [2.45, 2.75) is 6.92 Å². The van der Waals surface area contributed by atoms with Gasteiger partial charge in [0.15, 0.2) is 0 Å². The summed E-state index contributed by atoms with van der Waals surface area (Å²) in [7, 11) is 0. The number of rotatable bonds is 2. The van der Waals surface area contributed by atoms with Crippen LogP contribution in [0.1, 0.15) is 6.92 Å². The molecule has 11 heavy (non-hydrogen) atoms. The van der Waals surface area contributed by atoms with Crippen LogP contribution in [0.3, 0.4) is 0 Å². The van der Waals surface area contributed by atoms with Crippen LogP contribution < -0.4 is 0 Å². The van der Waals surface area contributed by atoms with Gasteiger partial charge in [0, 0.05) is 4.91 Å². The summed E-state index contributed by atoms with van der Waals surface area (Å²) >= 11 is 3.89. The molecular formula is C7H7NO2S. The first-order chi connectivity index (χ1) is 5.11. The molecule has 0 aliphatic carbocycles. The number of hydrogen-bond acceptors (Lipinski definition) is 3. The van der Waals surface area contributed by atoms with Gasteiger partial charge in [-0.3, -0.25) is 0 Å². The predicted octanol–water partition coefficient (Wildman–Crippen LogP) is 1.35. The first-order valence-electron chi connectivity index (χ1n) is 2.82. The fraction of sp³-hybridized carbons (Fsp3) is 0.143. The van der Waals surface area contributed by atoms with Crippen molar-refractivity contribution in [3.05, 3.63) is 22.6 Å². The van der Waals surface area contributed by atoms with Crippen molar-refractivity contribution < 1.29 is 9.90 Å². The van der Waals surface area contributed by atoms with E-state index in [1.807, 2.05) is 0 Å². The lowest BCUT2D eigenvalue weighted by atomic mass is 10.2. The van der Waals surface area contributed by atoms with Crippen LogP contribution >= 0.6 is 12.6 Å². The molecule has 0 aliphatic rings. The van der Waals surface area contributed by atoms with E-state index in [4.69, 9.17) is 10.4 Å². The summed E-state index contributed by atoms with van der Waals surface area (Å²) in [4.78, 5) is 10.7. The number of thiol groups is 1. The molecule has 0 aliphatic heterocycles. The summed E-state index contributed by atoms with van der Waals surface area (Å²) in [5.41, 5.74) is -0.312. The van der Waals surface area contributed by atoms with E-state index in [-0.39, 0.29) is 5.57 Å². The van der Waals surface area contributed by atoms with Crippen molar-refractivity contribution in [3.63, 3.8) is 0 Å². The molecule has 3 nitrogen and oxygen atoms in total. The third-order valence-electron chi connectivity index (χ3n) is 0.939. The number of hydrogen-bond donors (Lipinski definition) is 2. The maximum Gasteiger partial charge on any atom is 0.346 e. The molecule has 0 saturated heterocycles. The second-order valence-corrected chi connectivity index (χ2v) is 2.20. The first-order valence-corrected chi connectivity index (χ1v) is 3.27. The van der Waals surface area contributed by atoms with E-state index in [0.717, 1.165) is 0 Å². The van der Waals surface area contributed by atoms with Gasteiger partial charge in [-0.25, -0.2) is 4.79 Å². The molecule has 0 saturated carbocycles. The Morgan fingerprint density at radius 3 is 2.55 bits per heavy atom. The lowest BCUT2D eigenvalue weighted by molar-refractivity contribution is -0.132. The minimum Gasteiger partial charge on any atom is -0.477 e. The van der Waals surface area contributed by atoms with E-state index < -0.39 is 5.97 Å². The molecule has 0 aromatic carbocycles. The summed E-state index contributed by atoms with van der Waals surface area (Å²) in [5, 5.41) is 16.6. The van der Waals surface area contributed by atoms with Crippen LogP contribution in [0.5, 0.6) is 0 Å². The Bertz CT molecular complexity index is 260. The SMILES string of the molecule is C/C=C(S)/C=C(/C#N)C(=O)O. The van der Waals surface area contributed by atoms with Crippen molar-refractivity contribution in [1.82, 2.24) is 0 Å². The quantitative estimate of drug-likeness (QED) is 0.284. The highest BCUT2D eigenvalue weighted by atomic mass is 32.1. The highest BCUT2D eigenvalue weighted by Crippen LogP contribution is 2.05. The number of nitriles is 1. The Kier molecular flexibility index (Phi) is 4.08. The normalized spacial score (nSPS) is 12.5. The minimum absolute atomic E-state index is 0.312. The maximum absolute atomic E-state index is 10.2. The molecule has 0 radical (unpaired) electrons. The topological polar surface area (TPSA) is 61.1 Å². The van der Waals surface area contributed by atoms with Gasteiger partial charge in [-0.05, 0) is 13.0 Å². The molecule has 0 spiro atoms. The zero-order valence-electron chi connectivity index (χ0n) is 5.90. The molecule has 1 N–H and O–H groups in total. The van der Waals surface area contributed by atoms with Gasteiger partial charge < -0.3 is 5.11 Å². The fourth-order valence-corrected chi connectivity index (χ4v) is 0.502. The van der Waals surface area contributed by atoms with E-state index in [2.05, 4.69) is 12.6 Å². The Hall–Kier alpha value is -1.21. The van der Waals surface area contributed by atoms with Gasteiger partial charge in [0.25, 0.3) is 0 Å². The van der Waals surface area contributed by atoms with Crippen LogP contribution in [0, 0.1) is 11.3 Å². The number of carbonyl (C=O) groups is 1. The van der Waals surface area contributed by atoms with E-state index in [9.17, 15) is 4.79 Å². The van der Waals surface area contributed by atoms with Crippen molar-refractivity contribution in [3.8, 4) is 6.07 Å². The van der Waals surface area contributed by atoms with Crippen LogP contribution in [0.4, 0.5) is 0 Å². The molecule has 4 heteroatoms. The van der Waals surface area contributed by atoms with Gasteiger partial charge in [-0.15, -0.1) is 12.6 Å². The van der Waals surface area contributed by atoms with Crippen molar-refractivity contribution in [2.24, 2.45) is 0 Å². The van der Waals surface area contributed by atoms with Gasteiger partial charge in [-0.1, -0.05) is 6.08 Å². The second kappa shape index (κ2) is 4.58. The largest absolute Gasteiger partial charge is 0.477 e. The van der Waals surface area contributed by atoms with E-state index in [1.54, 1.807) is 13.0 Å². The third kappa shape index (κ3) is 3.48. The highest BCUT2D eigenvalue weighted by Gasteiger charge is 2.04. The van der Waals surface area contributed by atoms with E-state index >= 15 is 0 Å². The van der Waals surface area contributed by atoms with Gasteiger partial charge in [0.1, 0.15) is 11.6 Å². The lowest BCUT2D eigenvalue weighted by Gasteiger charge is -1.88. The van der Waals surface area contributed by atoms with E-state index in [1.165, 1.54) is 12.1 Å². The van der Waals surface area contributed by atoms with Crippen LogP contribution in [-0.4, -0.2) is 11.1 Å².